The molecule has 1 heterocycles. The van der Waals surface area contributed by atoms with Crippen LogP contribution in [0, 0.1) is 23.6 Å². The van der Waals surface area contributed by atoms with Crippen molar-refractivity contribution < 1.29 is 39.2 Å². The van der Waals surface area contributed by atoms with Crippen LogP contribution in [-0.4, -0.2) is 62.4 Å². The van der Waals surface area contributed by atoms with Crippen LogP contribution in [0.5, 0.6) is 5.75 Å². The molecule has 1 aliphatic heterocycles. The number of aliphatic hydroxyl groups is 2. The minimum absolute atomic E-state index is 0.0467. The Morgan fingerprint density at radius 3 is 2.54 bits per heavy atom. The molecule has 4 atom stereocenters. The van der Waals surface area contributed by atoms with Crippen molar-refractivity contribution in [1.29, 1.82) is 0 Å². The molecule has 8 nitrogen and oxygen atoms in total. The number of carbonyl (C=O) groups excluding carboxylic acids is 2. The first kappa shape index (κ1) is 30.5. The van der Waals surface area contributed by atoms with E-state index in [1.165, 1.54) is 17.0 Å². The van der Waals surface area contributed by atoms with Gasteiger partial charge in [0.25, 0.3) is 0 Å². The number of phenols is 1. The van der Waals surface area contributed by atoms with Gasteiger partial charge in [-0.05, 0) is 68.7 Å². The molecule has 39 heavy (non-hydrogen) atoms. The molecular formula is C30H40FNO7. The maximum Gasteiger partial charge on any atom is 0.303 e. The van der Waals surface area contributed by atoms with Crippen LogP contribution in [0.3, 0.4) is 0 Å². The summed E-state index contributed by atoms with van der Waals surface area (Å²) in [7, 11) is 0. The Morgan fingerprint density at radius 2 is 1.90 bits per heavy atom. The Labute approximate surface area is 228 Å². The van der Waals surface area contributed by atoms with Gasteiger partial charge >= 0.3 is 5.97 Å². The SMILES string of the molecule is CCC/C(=C\c1ccc(O)c(F)c1)CC[C@@H](O)C1=C(C)C[C@H]2C(=O)N(CCCCCC(=O)O)C(=O)[C@H]2[C@H]1CO. The number of halogens is 1. The molecule has 1 fully saturated rings. The number of aliphatic carboxylic acids is 1. The van der Waals surface area contributed by atoms with Crippen molar-refractivity contribution in [1.82, 2.24) is 4.90 Å². The lowest BCUT2D eigenvalue weighted by Crippen LogP contribution is -2.39. The van der Waals surface area contributed by atoms with Gasteiger partial charge in [-0.3, -0.25) is 19.3 Å². The third-order valence-electron chi connectivity index (χ3n) is 7.90. The monoisotopic (exact) mass is 545 g/mol. The third kappa shape index (κ3) is 7.33. The maximum atomic E-state index is 13.8. The number of carboxylic acid groups (broad SMARTS) is 1. The predicted molar refractivity (Wildman–Crippen MR) is 144 cm³/mol. The number of amides is 2. The summed E-state index contributed by atoms with van der Waals surface area (Å²) >= 11 is 0. The standard InChI is InChI=1S/C30H40FNO7/c1-3-7-19(15-20-10-11-24(34)23(31)16-20)9-12-25(35)27-18(2)14-21-28(22(27)17-33)30(39)32(29(21)38)13-6-4-5-8-26(36)37/h10-11,15-16,21-22,25,28,33-35H,3-9,12-14,17H2,1-2H3,(H,36,37)/b19-15+/t21-,22+,25-,28-/m1/s1. The highest BCUT2D eigenvalue weighted by atomic mass is 19.1. The molecule has 0 saturated carbocycles. The van der Waals surface area contributed by atoms with Crippen molar-refractivity contribution in [3.8, 4) is 5.75 Å². The second kappa shape index (κ2) is 13.8. The number of unbranched alkanes of at least 4 members (excludes halogenated alkanes) is 2. The van der Waals surface area contributed by atoms with E-state index in [1.807, 2.05) is 19.9 Å². The van der Waals surface area contributed by atoms with Crippen molar-refractivity contribution in [2.75, 3.05) is 13.2 Å². The highest BCUT2D eigenvalue weighted by Gasteiger charge is 2.54. The minimum Gasteiger partial charge on any atom is -0.505 e. The second-order valence-corrected chi connectivity index (χ2v) is 10.7. The van der Waals surface area contributed by atoms with Crippen LogP contribution in [-0.2, 0) is 14.4 Å². The number of benzene rings is 1. The molecule has 0 unspecified atom stereocenters. The number of allylic oxidation sites excluding steroid dienone is 2. The highest BCUT2D eigenvalue weighted by molar-refractivity contribution is 6.05. The summed E-state index contributed by atoms with van der Waals surface area (Å²) in [6.07, 6.45) is 5.40. The third-order valence-corrected chi connectivity index (χ3v) is 7.90. The quantitative estimate of drug-likeness (QED) is 0.154. The first-order valence-corrected chi connectivity index (χ1v) is 13.8. The van der Waals surface area contributed by atoms with Gasteiger partial charge < -0.3 is 20.4 Å². The lowest BCUT2D eigenvalue weighted by molar-refractivity contribution is -0.141. The highest BCUT2D eigenvalue weighted by Crippen LogP contribution is 2.46. The van der Waals surface area contributed by atoms with Crippen LogP contribution in [0.2, 0.25) is 0 Å². The first-order valence-electron chi connectivity index (χ1n) is 13.8. The van der Waals surface area contributed by atoms with E-state index in [1.54, 1.807) is 6.07 Å². The fraction of sp³-hybridized carbons (Fsp3) is 0.567. The summed E-state index contributed by atoms with van der Waals surface area (Å²) in [5.41, 5.74) is 3.06. The zero-order valence-corrected chi connectivity index (χ0v) is 22.7. The Hall–Kier alpha value is -3.04. The van der Waals surface area contributed by atoms with Crippen LogP contribution >= 0.6 is 0 Å². The van der Waals surface area contributed by atoms with Gasteiger partial charge in [-0.15, -0.1) is 0 Å². The number of likely N-dealkylation sites (tertiary alicyclic amines) is 1. The number of fused-ring (bicyclic) bond motifs is 1. The average Bonchev–Trinajstić information content (AvgIpc) is 3.12. The van der Waals surface area contributed by atoms with E-state index in [4.69, 9.17) is 5.11 Å². The predicted octanol–water partition coefficient (Wildman–Crippen LogP) is 4.43. The molecule has 3 rings (SSSR count). The van der Waals surface area contributed by atoms with Crippen molar-refractivity contribution >= 4 is 23.9 Å². The fourth-order valence-electron chi connectivity index (χ4n) is 6.04. The van der Waals surface area contributed by atoms with Crippen LogP contribution in [0.15, 0.2) is 34.9 Å². The fourth-order valence-corrected chi connectivity index (χ4v) is 6.04. The maximum absolute atomic E-state index is 13.8. The van der Waals surface area contributed by atoms with E-state index >= 15 is 0 Å². The molecule has 1 aromatic rings. The lowest BCUT2D eigenvalue weighted by Gasteiger charge is -2.35. The summed E-state index contributed by atoms with van der Waals surface area (Å²) in [5.74, 6) is -4.52. The summed E-state index contributed by atoms with van der Waals surface area (Å²) in [6.45, 7) is 3.73. The van der Waals surface area contributed by atoms with E-state index in [0.717, 1.165) is 24.0 Å². The Bertz CT molecular complexity index is 1130. The molecule has 214 valence electrons. The molecule has 0 spiro atoms. The van der Waals surface area contributed by atoms with Gasteiger partial charge in [0.05, 0.1) is 24.5 Å². The molecule has 2 aliphatic rings. The number of phenolic OH excluding ortho intramolecular Hbond substituents is 1. The van der Waals surface area contributed by atoms with Crippen LogP contribution in [0.4, 0.5) is 4.39 Å². The molecule has 9 heteroatoms. The van der Waals surface area contributed by atoms with E-state index in [2.05, 4.69) is 0 Å². The van der Waals surface area contributed by atoms with Gasteiger partial charge in [0, 0.05) is 18.9 Å². The average molecular weight is 546 g/mol. The van der Waals surface area contributed by atoms with Crippen molar-refractivity contribution in [3.63, 3.8) is 0 Å². The second-order valence-electron chi connectivity index (χ2n) is 10.7. The largest absolute Gasteiger partial charge is 0.505 e. The molecule has 1 saturated heterocycles. The number of carbonyl (C=O) groups is 3. The first-order chi connectivity index (χ1) is 18.6. The van der Waals surface area contributed by atoms with E-state index in [9.17, 15) is 34.1 Å². The number of aromatic hydroxyl groups is 1. The Kier molecular flexibility index (Phi) is 10.8. The number of carboxylic acids is 1. The zero-order valence-electron chi connectivity index (χ0n) is 22.7. The Balaban J connectivity index is 1.70. The topological polar surface area (TPSA) is 135 Å². The molecular weight excluding hydrogens is 505 g/mol. The van der Waals surface area contributed by atoms with Gasteiger partial charge in [0.2, 0.25) is 11.8 Å². The van der Waals surface area contributed by atoms with Gasteiger partial charge in [0.15, 0.2) is 11.6 Å². The number of hydrogen-bond acceptors (Lipinski definition) is 6. The normalized spacial score (nSPS) is 22.4. The molecule has 0 radical (unpaired) electrons. The summed E-state index contributed by atoms with van der Waals surface area (Å²) in [5, 5.41) is 39.8. The van der Waals surface area contributed by atoms with E-state index in [0.29, 0.717) is 49.7 Å². The van der Waals surface area contributed by atoms with Crippen molar-refractivity contribution in [3.05, 3.63) is 46.3 Å². The van der Waals surface area contributed by atoms with Gasteiger partial charge in [-0.25, -0.2) is 4.39 Å². The summed E-state index contributed by atoms with van der Waals surface area (Å²) < 4.78 is 13.8. The molecule has 1 aliphatic carbocycles. The van der Waals surface area contributed by atoms with Gasteiger partial charge in [-0.1, -0.05) is 43.1 Å². The van der Waals surface area contributed by atoms with Crippen LogP contribution in [0.1, 0.15) is 77.2 Å². The number of imide groups is 1. The molecule has 1 aromatic carbocycles. The van der Waals surface area contributed by atoms with Crippen LogP contribution < -0.4 is 0 Å². The summed E-state index contributed by atoms with van der Waals surface area (Å²) in [6, 6.07) is 4.19. The zero-order chi connectivity index (χ0) is 28.7. The van der Waals surface area contributed by atoms with Gasteiger partial charge in [-0.2, -0.15) is 0 Å². The number of nitrogens with zero attached hydrogens (tertiary/aromatic N) is 1. The van der Waals surface area contributed by atoms with E-state index in [-0.39, 0.29) is 31.4 Å². The number of aliphatic hydroxyl groups excluding tert-OH is 2. The van der Waals surface area contributed by atoms with Crippen molar-refractivity contribution in [2.45, 2.75) is 77.7 Å². The summed E-state index contributed by atoms with van der Waals surface area (Å²) in [4.78, 5) is 38.4. The Morgan fingerprint density at radius 1 is 1.15 bits per heavy atom. The smallest absolute Gasteiger partial charge is 0.303 e. The lowest BCUT2D eigenvalue weighted by atomic mass is 9.68. The molecule has 2 amide bonds. The van der Waals surface area contributed by atoms with E-state index < -0.39 is 41.4 Å². The molecule has 4 N–H and O–H groups in total. The molecule has 0 aromatic heterocycles. The minimum atomic E-state index is -0.909. The molecule has 0 bridgehead atoms. The van der Waals surface area contributed by atoms with Crippen molar-refractivity contribution in [2.24, 2.45) is 17.8 Å². The van der Waals surface area contributed by atoms with Crippen LogP contribution in [0.25, 0.3) is 6.08 Å². The number of rotatable bonds is 14. The van der Waals surface area contributed by atoms with Gasteiger partial charge in [0.1, 0.15) is 0 Å². The number of hydrogen-bond donors (Lipinski definition) is 4.